The average molecular weight is 277 g/mol. The van der Waals surface area contributed by atoms with Gasteiger partial charge in [-0.25, -0.2) is 0 Å². The molecule has 0 N–H and O–H groups in total. The number of carbonyl (C=O) groups excluding carboxylic acids is 1. The van der Waals surface area contributed by atoms with Gasteiger partial charge in [0, 0.05) is 38.4 Å². The summed E-state index contributed by atoms with van der Waals surface area (Å²) in [6, 6.07) is 3.03. The van der Waals surface area contributed by atoms with E-state index in [2.05, 4.69) is 17.9 Å². The van der Waals surface area contributed by atoms with E-state index in [0.29, 0.717) is 32.1 Å². The topological polar surface area (TPSA) is 56.6 Å². The minimum Gasteiger partial charge on any atom is -0.381 e. The molecule has 0 radical (unpaired) electrons. The molecule has 0 aromatic carbocycles. The summed E-state index contributed by atoms with van der Waals surface area (Å²) in [6.45, 7) is 6.07. The molecule has 0 spiro atoms. The number of ether oxygens (including phenoxy) is 1. The van der Waals surface area contributed by atoms with Crippen LogP contribution in [0.2, 0.25) is 0 Å². The van der Waals surface area contributed by atoms with Crippen LogP contribution in [0.1, 0.15) is 32.6 Å². The Bertz CT molecular complexity index is 425. The SMILES string of the molecule is CC1CN2CCCC2CN1C(=O)C1(C#N)CCOCC1. The molecule has 3 rings (SSSR count). The number of fused-ring (bicyclic) bond motifs is 1. The highest BCUT2D eigenvalue weighted by molar-refractivity contribution is 5.86. The van der Waals surface area contributed by atoms with E-state index in [0.717, 1.165) is 19.6 Å². The van der Waals surface area contributed by atoms with Gasteiger partial charge >= 0.3 is 0 Å². The highest BCUT2D eigenvalue weighted by Crippen LogP contribution is 2.35. The van der Waals surface area contributed by atoms with Crippen molar-refractivity contribution in [2.45, 2.75) is 44.7 Å². The van der Waals surface area contributed by atoms with Gasteiger partial charge in [-0.1, -0.05) is 0 Å². The van der Waals surface area contributed by atoms with Crippen LogP contribution in [-0.4, -0.2) is 60.6 Å². The standard InChI is InChI=1S/C15H23N3O2/c1-12-9-17-6-2-3-13(17)10-18(12)14(19)15(11-16)4-7-20-8-5-15/h12-13H,2-10H2,1H3. The number of piperazine rings is 1. The zero-order valence-corrected chi connectivity index (χ0v) is 12.2. The summed E-state index contributed by atoms with van der Waals surface area (Å²) in [4.78, 5) is 17.4. The number of rotatable bonds is 1. The lowest BCUT2D eigenvalue weighted by Gasteiger charge is -2.45. The van der Waals surface area contributed by atoms with Crippen LogP contribution in [0.15, 0.2) is 0 Å². The molecule has 0 aliphatic carbocycles. The van der Waals surface area contributed by atoms with Crippen molar-refractivity contribution in [1.29, 1.82) is 5.26 Å². The van der Waals surface area contributed by atoms with Crippen LogP contribution in [0.4, 0.5) is 0 Å². The Balaban J connectivity index is 1.77. The van der Waals surface area contributed by atoms with Gasteiger partial charge in [0.15, 0.2) is 0 Å². The molecule has 0 bridgehead atoms. The van der Waals surface area contributed by atoms with Crippen molar-refractivity contribution in [3.63, 3.8) is 0 Å². The van der Waals surface area contributed by atoms with Gasteiger partial charge in [0.05, 0.1) is 6.07 Å². The van der Waals surface area contributed by atoms with Crippen LogP contribution in [0.5, 0.6) is 0 Å². The van der Waals surface area contributed by atoms with Crippen molar-refractivity contribution < 1.29 is 9.53 Å². The van der Waals surface area contributed by atoms with Crippen LogP contribution in [0.3, 0.4) is 0 Å². The Kier molecular flexibility index (Phi) is 3.70. The van der Waals surface area contributed by atoms with E-state index in [9.17, 15) is 10.1 Å². The lowest BCUT2D eigenvalue weighted by molar-refractivity contribution is -0.149. The van der Waals surface area contributed by atoms with Crippen LogP contribution in [0.25, 0.3) is 0 Å². The van der Waals surface area contributed by atoms with Crippen molar-refractivity contribution in [2.75, 3.05) is 32.8 Å². The molecular formula is C15H23N3O2. The largest absolute Gasteiger partial charge is 0.381 e. The fourth-order valence-electron chi connectivity index (χ4n) is 3.84. The lowest BCUT2D eigenvalue weighted by atomic mass is 9.79. The summed E-state index contributed by atoms with van der Waals surface area (Å²) >= 11 is 0. The Morgan fingerprint density at radius 2 is 2.10 bits per heavy atom. The predicted octanol–water partition coefficient (Wildman–Crippen LogP) is 1.00. The molecule has 0 aromatic rings. The van der Waals surface area contributed by atoms with E-state index >= 15 is 0 Å². The smallest absolute Gasteiger partial charge is 0.243 e. The van der Waals surface area contributed by atoms with Crippen molar-refractivity contribution in [3.05, 3.63) is 0 Å². The van der Waals surface area contributed by atoms with Crippen LogP contribution >= 0.6 is 0 Å². The molecule has 0 saturated carbocycles. The van der Waals surface area contributed by atoms with Crippen molar-refractivity contribution in [3.8, 4) is 6.07 Å². The molecule has 1 amide bonds. The van der Waals surface area contributed by atoms with Gasteiger partial charge in [-0.2, -0.15) is 5.26 Å². The second-order valence-electron chi connectivity index (χ2n) is 6.40. The van der Waals surface area contributed by atoms with Crippen molar-refractivity contribution in [2.24, 2.45) is 5.41 Å². The molecule has 3 saturated heterocycles. The van der Waals surface area contributed by atoms with E-state index in [-0.39, 0.29) is 11.9 Å². The Morgan fingerprint density at radius 1 is 1.35 bits per heavy atom. The molecule has 3 aliphatic rings. The first-order valence-corrected chi connectivity index (χ1v) is 7.70. The second-order valence-corrected chi connectivity index (χ2v) is 6.40. The summed E-state index contributed by atoms with van der Waals surface area (Å²) in [7, 11) is 0. The first kappa shape index (κ1) is 13.8. The third-order valence-electron chi connectivity index (χ3n) is 5.17. The van der Waals surface area contributed by atoms with Gasteiger partial charge in [0.25, 0.3) is 0 Å². The molecule has 5 heteroatoms. The number of nitrogens with zero attached hydrogens (tertiary/aromatic N) is 3. The minimum atomic E-state index is -0.840. The lowest BCUT2D eigenvalue weighted by Crippen LogP contribution is -2.60. The van der Waals surface area contributed by atoms with E-state index in [1.54, 1.807) is 0 Å². The number of nitriles is 1. The monoisotopic (exact) mass is 277 g/mol. The highest BCUT2D eigenvalue weighted by Gasteiger charge is 2.46. The maximum absolute atomic E-state index is 12.9. The zero-order valence-electron chi connectivity index (χ0n) is 12.2. The molecule has 5 nitrogen and oxygen atoms in total. The Morgan fingerprint density at radius 3 is 2.80 bits per heavy atom. The molecule has 2 atom stereocenters. The van der Waals surface area contributed by atoms with E-state index in [1.165, 1.54) is 12.8 Å². The third kappa shape index (κ3) is 2.21. The molecule has 3 fully saturated rings. The molecule has 20 heavy (non-hydrogen) atoms. The summed E-state index contributed by atoms with van der Waals surface area (Å²) in [5.41, 5.74) is -0.840. The van der Waals surface area contributed by atoms with Gasteiger partial charge in [-0.05, 0) is 39.2 Å². The molecule has 3 heterocycles. The fourth-order valence-corrected chi connectivity index (χ4v) is 3.84. The summed E-state index contributed by atoms with van der Waals surface area (Å²) in [5, 5.41) is 9.55. The first-order chi connectivity index (χ1) is 9.66. The van der Waals surface area contributed by atoms with Crippen molar-refractivity contribution in [1.82, 2.24) is 9.80 Å². The summed E-state index contributed by atoms with van der Waals surface area (Å²) in [6.07, 6.45) is 3.50. The van der Waals surface area contributed by atoms with E-state index < -0.39 is 5.41 Å². The zero-order chi connectivity index (χ0) is 14.2. The number of hydrogen-bond donors (Lipinski definition) is 0. The first-order valence-electron chi connectivity index (χ1n) is 7.70. The van der Waals surface area contributed by atoms with Gasteiger partial charge in [0.1, 0.15) is 5.41 Å². The molecule has 0 aromatic heterocycles. The Labute approximate surface area is 120 Å². The minimum absolute atomic E-state index is 0.0438. The van der Waals surface area contributed by atoms with E-state index in [1.807, 2.05) is 4.90 Å². The average Bonchev–Trinajstić information content (AvgIpc) is 2.93. The second kappa shape index (κ2) is 5.34. The normalized spacial score (nSPS) is 33.5. The molecule has 3 aliphatic heterocycles. The highest BCUT2D eigenvalue weighted by atomic mass is 16.5. The molecule has 2 unspecified atom stereocenters. The van der Waals surface area contributed by atoms with Crippen LogP contribution < -0.4 is 0 Å². The molecular weight excluding hydrogens is 254 g/mol. The quantitative estimate of drug-likeness (QED) is 0.717. The van der Waals surface area contributed by atoms with E-state index in [4.69, 9.17) is 4.74 Å². The number of amides is 1. The summed E-state index contributed by atoms with van der Waals surface area (Å²) in [5.74, 6) is 0.0438. The van der Waals surface area contributed by atoms with Gasteiger partial charge in [-0.3, -0.25) is 9.69 Å². The van der Waals surface area contributed by atoms with Crippen LogP contribution in [-0.2, 0) is 9.53 Å². The third-order valence-corrected chi connectivity index (χ3v) is 5.17. The van der Waals surface area contributed by atoms with Crippen molar-refractivity contribution >= 4 is 5.91 Å². The van der Waals surface area contributed by atoms with Gasteiger partial charge in [0.2, 0.25) is 5.91 Å². The maximum Gasteiger partial charge on any atom is 0.243 e. The van der Waals surface area contributed by atoms with Crippen LogP contribution in [0, 0.1) is 16.7 Å². The van der Waals surface area contributed by atoms with Gasteiger partial charge in [-0.15, -0.1) is 0 Å². The molecule has 110 valence electrons. The number of hydrogen-bond acceptors (Lipinski definition) is 4. The summed E-state index contributed by atoms with van der Waals surface area (Å²) < 4.78 is 5.33. The Hall–Kier alpha value is -1.12. The fraction of sp³-hybridized carbons (Fsp3) is 0.867. The predicted molar refractivity (Wildman–Crippen MR) is 73.9 cm³/mol. The maximum atomic E-state index is 12.9. The van der Waals surface area contributed by atoms with Gasteiger partial charge < -0.3 is 9.64 Å². The number of carbonyl (C=O) groups is 1.